The van der Waals surface area contributed by atoms with Gasteiger partial charge in [0.25, 0.3) is 0 Å². The van der Waals surface area contributed by atoms with Gasteiger partial charge < -0.3 is 20.1 Å². The van der Waals surface area contributed by atoms with E-state index in [9.17, 15) is 0 Å². The number of methoxy groups -OCH3 is 2. The van der Waals surface area contributed by atoms with E-state index in [0.29, 0.717) is 0 Å². The molecule has 0 unspecified atom stereocenters. The first kappa shape index (κ1) is 20.5. The highest BCUT2D eigenvalue weighted by atomic mass is 16.5. The Kier molecular flexibility index (Phi) is 7.28. The van der Waals surface area contributed by atoms with E-state index in [4.69, 9.17) is 9.47 Å². The Bertz CT molecular complexity index is 913. The second-order valence-electron chi connectivity index (χ2n) is 6.74. The summed E-state index contributed by atoms with van der Waals surface area (Å²) in [6.07, 6.45) is 1.80. The van der Waals surface area contributed by atoms with Crippen LogP contribution in [0.2, 0.25) is 0 Å². The maximum Gasteiger partial charge on any atom is 0.131 e. The van der Waals surface area contributed by atoms with Gasteiger partial charge in [0.05, 0.1) is 14.2 Å². The predicted octanol–water partition coefficient (Wildman–Crippen LogP) is 4.11. The highest BCUT2D eigenvalue weighted by Crippen LogP contribution is 2.15. The molecule has 0 aliphatic heterocycles. The first-order valence-electron chi connectivity index (χ1n) is 9.75. The van der Waals surface area contributed by atoms with Gasteiger partial charge >= 0.3 is 0 Å². The van der Waals surface area contributed by atoms with Crippen LogP contribution in [0, 0.1) is 6.92 Å². The second kappa shape index (κ2) is 10.3. The predicted molar refractivity (Wildman–Crippen MR) is 117 cm³/mol. The van der Waals surface area contributed by atoms with Gasteiger partial charge in [-0.15, -0.1) is 0 Å². The smallest absolute Gasteiger partial charge is 0.131 e. The topological polar surface area (TPSA) is 68.3 Å². The van der Waals surface area contributed by atoms with Gasteiger partial charge in [-0.2, -0.15) is 0 Å². The third-order valence-electron chi connectivity index (χ3n) is 4.57. The molecule has 0 amide bonds. The lowest BCUT2D eigenvalue weighted by Gasteiger charge is -2.11. The monoisotopic (exact) mass is 392 g/mol. The zero-order valence-electron chi connectivity index (χ0n) is 17.2. The molecule has 2 aromatic carbocycles. The van der Waals surface area contributed by atoms with E-state index >= 15 is 0 Å². The van der Waals surface area contributed by atoms with Crippen molar-refractivity contribution in [1.29, 1.82) is 0 Å². The molecule has 1 heterocycles. The minimum absolute atomic E-state index is 0.739. The Balaban J connectivity index is 1.50. The average molecular weight is 393 g/mol. The van der Waals surface area contributed by atoms with Crippen LogP contribution in [-0.4, -0.2) is 37.3 Å². The van der Waals surface area contributed by atoms with Crippen molar-refractivity contribution in [2.24, 2.45) is 0 Å². The number of hydrogen-bond donors (Lipinski definition) is 2. The molecule has 1 aromatic heterocycles. The van der Waals surface area contributed by atoms with Crippen LogP contribution in [-0.2, 0) is 12.8 Å². The number of nitrogens with zero attached hydrogens (tertiary/aromatic N) is 2. The van der Waals surface area contributed by atoms with Gasteiger partial charge in [0, 0.05) is 19.2 Å². The van der Waals surface area contributed by atoms with Gasteiger partial charge in [0.2, 0.25) is 0 Å². The van der Waals surface area contributed by atoms with Crippen molar-refractivity contribution in [2.45, 2.75) is 19.8 Å². The van der Waals surface area contributed by atoms with Gasteiger partial charge in [-0.1, -0.05) is 24.3 Å². The molecule has 0 spiro atoms. The summed E-state index contributed by atoms with van der Waals surface area (Å²) in [6, 6.07) is 18.2. The highest BCUT2D eigenvalue weighted by Gasteiger charge is 2.03. The van der Waals surface area contributed by atoms with Crippen LogP contribution in [0.15, 0.2) is 54.6 Å². The van der Waals surface area contributed by atoms with E-state index < -0.39 is 0 Å². The zero-order valence-corrected chi connectivity index (χ0v) is 17.2. The molecule has 0 atom stereocenters. The van der Waals surface area contributed by atoms with Crippen molar-refractivity contribution in [3.63, 3.8) is 0 Å². The molecular weight excluding hydrogens is 364 g/mol. The fraction of sp³-hybridized carbons (Fsp3) is 0.304. The Hall–Kier alpha value is -3.28. The molecule has 0 fully saturated rings. The lowest BCUT2D eigenvalue weighted by molar-refractivity contribution is 0.414. The lowest BCUT2D eigenvalue weighted by atomic mass is 10.1. The van der Waals surface area contributed by atoms with Crippen molar-refractivity contribution in [3.8, 4) is 11.5 Å². The molecule has 3 aromatic rings. The largest absolute Gasteiger partial charge is 0.497 e. The highest BCUT2D eigenvalue weighted by molar-refractivity contribution is 5.47. The van der Waals surface area contributed by atoms with E-state index in [0.717, 1.165) is 54.9 Å². The molecule has 0 radical (unpaired) electrons. The summed E-state index contributed by atoms with van der Waals surface area (Å²) >= 11 is 0. The van der Waals surface area contributed by atoms with Gasteiger partial charge in [-0.05, 0) is 55.2 Å². The summed E-state index contributed by atoms with van der Waals surface area (Å²) in [5.74, 6) is 4.15. The van der Waals surface area contributed by atoms with Crippen LogP contribution in [0.5, 0.6) is 11.5 Å². The number of hydrogen-bond acceptors (Lipinski definition) is 6. The Morgan fingerprint density at radius 2 is 1.34 bits per heavy atom. The van der Waals surface area contributed by atoms with Gasteiger partial charge in [-0.25, -0.2) is 9.97 Å². The molecule has 0 saturated heterocycles. The Labute approximate surface area is 172 Å². The number of anilines is 2. The van der Waals surface area contributed by atoms with Crippen LogP contribution in [0.3, 0.4) is 0 Å². The van der Waals surface area contributed by atoms with Crippen molar-refractivity contribution in [1.82, 2.24) is 9.97 Å². The maximum atomic E-state index is 5.28. The van der Waals surface area contributed by atoms with Crippen LogP contribution < -0.4 is 20.1 Å². The number of aromatic nitrogens is 2. The average Bonchev–Trinajstić information content (AvgIpc) is 2.74. The molecule has 29 heavy (non-hydrogen) atoms. The summed E-state index contributed by atoms with van der Waals surface area (Å²) in [7, 11) is 3.36. The molecule has 0 aliphatic carbocycles. The number of aryl methyl sites for hydroxylation is 1. The van der Waals surface area contributed by atoms with Crippen molar-refractivity contribution < 1.29 is 9.47 Å². The summed E-state index contributed by atoms with van der Waals surface area (Å²) < 4.78 is 10.5. The van der Waals surface area contributed by atoms with Crippen molar-refractivity contribution in [2.75, 3.05) is 37.9 Å². The Morgan fingerprint density at radius 1 is 0.724 bits per heavy atom. The first-order valence-corrected chi connectivity index (χ1v) is 9.75. The number of benzene rings is 2. The molecule has 0 saturated carbocycles. The van der Waals surface area contributed by atoms with Crippen molar-refractivity contribution in [3.05, 3.63) is 71.5 Å². The summed E-state index contributed by atoms with van der Waals surface area (Å²) in [6.45, 7) is 3.49. The molecule has 6 nitrogen and oxygen atoms in total. The number of rotatable bonds is 10. The van der Waals surface area contributed by atoms with E-state index in [2.05, 4.69) is 44.9 Å². The maximum absolute atomic E-state index is 5.28. The summed E-state index contributed by atoms with van der Waals surface area (Å²) in [5.41, 5.74) is 2.47. The summed E-state index contributed by atoms with van der Waals surface area (Å²) in [5, 5.41) is 6.77. The fourth-order valence-corrected chi connectivity index (χ4v) is 3.04. The minimum atomic E-state index is 0.739. The second-order valence-corrected chi connectivity index (χ2v) is 6.74. The molecule has 6 heteroatoms. The van der Waals surface area contributed by atoms with Gasteiger partial charge in [0.15, 0.2) is 0 Å². The summed E-state index contributed by atoms with van der Waals surface area (Å²) in [4.78, 5) is 8.97. The minimum Gasteiger partial charge on any atom is -0.497 e. The van der Waals surface area contributed by atoms with Gasteiger partial charge in [-0.3, -0.25) is 0 Å². The number of ether oxygens (including phenoxy) is 2. The Morgan fingerprint density at radius 3 is 1.97 bits per heavy atom. The molecule has 152 valence electrons. The zero-order chi connectivity index (χ0) is 20.5. The van der Waals surface area contributed by atoms with E-state index in [-0.39, 0.29) is 0 Å². The number of nitrogens with one attached hydrogen (secondary N) is 2. The quantitative estimate of drug-likeness (QED) is 0.541. The van der Waals surface area contributed by atoms with Crippen LogP contribution in [0.25, 0.3) is 0 Å². The van der Waals surface area contributed by atoms with Crippen LogP contribution >= 0.6 is 0 Å². The van der Waals surface area contributed by atoms with Crippen molar-refractivity contribution >= 4 is 11.6 Å². The molecule has 2 N–H and O–H groups in total. The first-order chi connectivity index (χ1) is 14.2. The van der Waals surface area contributed by atoms with Crippen LogP contribution in [0.4, 0.5) is 11.6 Å². The standard InChI is InChI=1S/C23H28N4O2/c1-17-26-22(24-13-11-18-7-9-20(28-2)10-8-18)16-23(27-17)25-14-12-19-5-4-6-21(15-19)29-3/h4-10,15-16H,11-14H2,1-3H3,(H2,24,25,26,27). The lowest BCUT2D eigenvalue weighted by Crippen LogP contribution is -2.11. The SMILES string of the molecule is COc1ccc(CCNc2cc(NCCc3cccc(OC)c3)nc(C)n2)cc1. The van der Waals surface area contributed by atoms with E-state index in [1.165, 1.54) is 11.1 Å². The van der Waals surface area contributed by atoms with Gasteiger partial charge in [0.1, 0.15) is 29.0 Å². The van der Waals surface area contributed by atoms with E-state index in [1.807, 2.05) is 37.3 Å². The van der Waals surface area contributed by atoms with E-state index in [1.54, 1.807) is 14.2 Å². The van der Waals surface area contributed by atoms with Crippen LogP contribution in [0.1, 0.15) is 17.0 Å². The third kappa shape index (κ3) is 6.38. The molecule has 0 aliphatic rings. The molecule has 0 bridgehead atoms. The molecule has 3 rings (SSSR count). The fourth-order valence-electron chi connectivity index (χ4n) is 3.04. The molecular formula is C23H28N4O2. The third-order valence-corrected chi connectivity index (χ3v) is 4.57. The normalized spacial score (nSPS) is 10.4.